The average Bonchev–Trinajstić information content (AvgIpc) is 3.86. The smallest absolute Gasteiger partial charge is 0.407 e. The van der Waals surface area contributed by atoms with E-state index in [2.05, 4.69) is 22.5 Å². The van der Waals surface area contributed by atoms with Gasteiger partial charge in [-0.2, -0.15) is 0 Å². The Kier molecular flexibility index (Phi) is 18.7. The molecule has 0 aromatic rings. The summed E-state index contributed by atoms with van der Waals surface area (Å²) in [5, 5.41) is 6.21. The fourth-order valence-electron chi connectivity index (χ4n) is 6.48. The van der Waals surface area contributed by atoms with Gasteiger partial charge in [0.25, 0.3) is 0 Å². The average molecular weight is 670 g/mol. The lowest BCUT2D eigenvalue weighted by Gasteiger charge is -2.34. The predicted molar refractivity (Wildman–Crippen MR) is 183 cm³/mol. The lowest BCUT2D eigenvalue weighted by molar-refractivity contribution is -0.0772. The zero-order valence-corrected chi connectivity index (χ0v) is 30.3. The highest BCUT2D eigenvalue weighted by atomic mass is 16.6. The largest absolute Gasteiger partial charge is 0.444 e. The van der Waals surface area contributed by atoms with E-state index >= 15 is 0 Å². The van der Waals surface area contributed by atoms with E-state index in [4.69, 9.17) is 28.4 Å². The molecule has 11 heteroatoms. The minimum Gasteiger partial charge on any atom is -0.444 e. The SMILES string of the molecule is CCCCOCC(CN1CC1)OC(=O)N[C@H]1CC[C@@H](CC2CCC(NC(=O)O[C@@H](C)CO[C@H](C)CO[C@@H](C)COC(C)C)CC2)CC1. The van der Waals surface area contributed by atoms with Gasteiger partial charge in [-0.15, -0.1) is 0 Å². The fourth-order valence-corrected chi connectivity index (χ4v) is 6.48. The Morgan fingerprint density at radius 2 is 1.19 bits per heavy atom. The van der Waals surface area contributed by atoms with E-state index in [-0.39, 0.29) is 54.8 Å². The van der Waals surface area contributed by atoms with Gasteiger partial charge >= 0.3 is 12.2 Å². The first-order valence-corrected chi connectivity index (χ1v) is 18.7. The maximum absolute atomic E-state index is 12.7. The number of nitrogens with zero attached hydrogens (tertiary/aromatic N) is 1. The summed E-state index contributed by atoms with van der Waals surface area (Å²) in [4.78, 5) is 27.4. The molecule has 3 fully saturated rings. The summed E-state index contributed by atoms with van der Waals surface area (Å²) >= 11 is 0. The molecule has 2 amide bonds. The second kappa shape index (κ2) is 22.1. The van der Waals surface area contributed by atoms with Crippen molar-refractivity contribution < 1.29 is 38.0 Å². The molecule has 1 unspecified atom stereocenters. The number of carbonyl (C=O) groups is 2. The predicted octanol–water partition coefficient (Wildman–Crippen LogP) is 6.07. The van der Waals surface area contributed by atoms with Crippen LogP contribution in [0.25, 0.3) is 0 Å². The maximum Gasteiger partial charge on any atom is 0.407 e. The van der Waals surface area contributed by atoms with E-state index in [0.29, 0.717) is 44.9 Å². The summed E-state index contributed by atoms with van der Waals surface area (Å²) in [6, 6.07) is 0.354. The first kappa shape index (κ1) is 39.8. The Bertz CT molecular complexity index is 859. The molecule has 1 aliphatic heterocycles. The van der Waals surface area contributed by atoms with E-state index in [1.54, 1.807) is 0 Å². The van der Waals surface area contributed by atoms with Crippen LogP contribution in [0.15, 0.2) is 0 Å². The van der Waals surface area contributed by atoms with E-state index in [9.17, 15) is 9.59 Å². The van der Waals surface area contributed by atoms with E-state index in [1.165, 1.54) is 6.42 Å². The Balaban J connectivity index is 1.22. The first-order chi connectivity index (χ1) is 22.6. The quantitative estimate of drug-likeness (QED) is 0.105. The van der Waals surface area contributed by atoms with Gasteiger partial charge in [0, 0.05) is 38.3 Å². The summed E-state index contributed by atoms with van der Waals surface area (Å²) in [6.45, 7) is 17.4. The van der Waals surface area contributed by atoms with Crippen LogP contribution >= 0.6 is 0 Å². The molecule has 0 spiro atoms. The molecule has 0 radical (unpaired) electrons. The fraction of sp³-hybridized carbons (Fsp3) is 0.944. The van der Waals surface area contributed by atoms with Crippen molar-refractivity contribution in [3.05, 3.63) is 0 Å². The number of hydrogen-bond acceptors (Lipinski definition) is 9. The molecule has 1 saturated heterocycles. The minimum atomic E-state index is -0.363. The van der Waals surface area contributed by atoms with Gasteiger partial charge in [0.05, 0.1) is 44.7 Å². The second-order valence-corrected chi connectivity index (χ2v) is 14.6. The maximum atomic E-state index is 12.7. The van der Waals surface area contributed by atoms with Gasteiger partial charge in [0.15, 0.2) is 0 Å². The molecule has 2 N–H and O–H groups in total. The Morgan fingerprint density at radius 1 is 0.681 bits per heavy atom. The Morgan fingerprint density at radius 3 is 1.70 bits per heavy atom. The number of hydrogen-bond donors (Lipinski definition) is 2. The molecule has 3 rings (SSSR count). The van der Waals surface area contributed by atoms with Crippen molar-refractivity contribution in [2.45, 2.75) is 155 Å². The van der Waals surface area contributed by atoms with Crippen molar-refractivity contribution in [3.63, 3.8) is 0 Å². The van der Waals surface area contributed by atoms with Crippen LogP contribution in [-0.2, 0) is 28.4 Å². The molecular formula is C36H67N3O8. The van der Waals surface area contributed by atoms with Crippen molar-refractivity contribution in [1.29, 1.82) is 0 Å². The highest BCUT2D eigenvalue weighted by molar-refractivity contribution is 5.68. The molecule has 2 saturated carbocycles. The summed E-state index contributed by atoms with van der Waals surface area (Å²) < 4.78 is 34.3. The van der Waals surface area contributed by atoms with Gasteiger partial charge in [0.2, 0.25) is 0 Å². The van der Waals surface area contributed by atoms with Gasteiger partial charge in [-0.05, 0) is 111 Å². The van der Waals surface area contributed by atoms with Crippen LogP contribution < -0.4 is 10.6 Å². The number of ether oxygens (including phenoxy) is 6. The molecule has 274 valence electrons. The minimum absolute atomic E-state index is 0.00191. The van der Waals surface area contributed by atoms with Crippen LogP contribution in [0.1, 0.15) is 112 Å². The van der Waals surface area contributed by atoms with Crippen LogP contribution in [0.5, 0.6) is 0 Å². The van der Waals surface area contributed by atoms with Crippen LogP contribution in [-0.4, -0.2) is 112 Å². The van der Waals surface area contributed by atoms with Crippen molar-refractivity contribution in [1.82, 2.24) is 15.5 Å². The van der Waals surface area contributed by atoms with Crippen molar-refractivity contribution in [2.24, 2.45) is 11.8 Å². The topological polar surface area (TPSA) is 117 Å². The number of rotatable bonds is 22. The van der Waals surface area contributed by atoms with Gasteiger partial charge in [0.1, 0.15) is 12.2 Å². The molecule has 0 aromatic carbocycles. The number of alkyl carbamates (subject to hydrolysis) is 2. The first-order valence-electron chi connectivity index (χ1n) is 18.7. The Labute approximate surface area is 284 Å². The summed E-state index contributed by atoms with van der Waals surface area (Å²) in [5.41, 5.74) is 0. The van der Waals surface area contributed by atoms with Gasteiger partial charge in [-0.25, -0.2) is 9.59 Å². The van der Waals surface area contributed by atoms with Crippen LogP contribution in [0.2, 0.25) is 0 Å². The molecule has 2 aliphatic carbocycles. The third kappa shape index (κ3) is 18.1. The lowest BCUT2D eigenvalue weighted by Crippen LogP contribution is -2.42. The van der Waals surface area contributed by atoms with E-state index in [1.807, 2.05) is 34.6 Å². The highest BCUT2D eigenvalue weighted by Gasteiger charge is 2.30. The highest BCUT2D eigenvalue weighted by Crippen LogP contribution is 2.35. The zero-order valence-electron chi connectivity index (χ0n) is 30.3. The summed E-state index contributed by atoms with van der Waals surface area (Å²) in [5.74, 6) is 1.40. The van der Waals surface area contributed by atoms with Crippen LogP contribution in [0.4, 0.5) is 9.59 Å². The molecular weight excluding hydrogens is 602 g/mol. The third-order valence-electron chi connectivity index (χ3n) is 9.43. The summed E-state index contributed by atoms with van der Waals surface area (Å²) in [6.07, 6.45) is 10.8. The monoisotopic (exact) mass is 669 g/mol. The lowest BCUT2D eigenvalue weighted by atomic mass is 9.76. The number of carbonyl (C=O) groups excluding carboxylic acids is 2. The molecule has 4 atom stereocenters. The van der Waals surface area contributed by atoms with Gasteiger partial charge < -0.3 is 39.1 Å². The third-order valence-corrected chi connectivity index (χ3v) is 9.43. The normalized spacial score (nSPS) is 25.9. The number of nitrogens with one attached hydrogen (secondary N) is 2. The van der Waals surface area contributed by atoms with Crippen LogP contribution in [0.3, 0.4) is 0 Å². The Hall–Kier alpha value is -1.66. The number of amides is 2. The molecule has 3 aliphatic rings. The molecule has 1 heterocycles. The standard InChI is InChI=1S/C36H67N3O8/c1-7-8-19-42-25-34(21-39-17-18-39)47-36(41)38-33-15-11-31(12-16-33)20-30-9-13-32(14-10-30)37-35(40)46-29(6)24-45-28(5)23-44-27(4)22-43-26(2)3/h26-34H,7-25H2,1-6H3,(H,37,40)(H,38,41)/t27-,28+,29-,30?,31-,32?,33+,34?/m0/s1. The van der Waals surface area contributed by atoms with Gasteiger partial charge in [-0.1, -0.05) is 13.3 Å². The van der Waals surface area contributed by atoms with Crippen molar-refractivity contribution >= 4 is 12.2 Å². The van der Waals surface area contributed by atoms with Gasteiger partial charge in [-0.3, -0.25) is 4.90 Å². The van der Waals surface area contributed by atoms with E-state index in [0.717, 1.165) is 83.8 Å². The van der Waals surface area contributed by atoms with Crippen molar-refractivity contribution in [2.75, 3.05) is 52.7 Å². The van der Waals surface area contributed by atoms with Crippen LogP contribution in [0, 0.1) is 11.8 Å². The molecule has 0 aromatic heterocycles. The second-order valence-electron chi connectivity index (χ2n) is 14.6. The van der Waals surface area contributed by atoms with E-state index < -0.39 is 0 Å². The molecule has 11 nitrogen and oxygen atoms in total. The zero-order chi connectivity index (χ0) is 34.0. The molecule has 47 heavy (non-hydrogen) atoms. The molecule has 0 bridgehead atoms. The van der Waals surface area contributed by atoms with Crippen molar-refractivity contribution in [3.8, 4) is 0 Å². The number of unbranched alkanes of at least 4 members (excludes halogenated alkanes) is 1. The summed E-state index contributed by atoms with van der Waals surface area (Å²) in [7, 11) is 0.